The van der Waals surface area contributed by atoms with Crippen LogP contribution in [0.1, 0.15) is 58.9 Å². The number of carbonyl (C=O) groups excluding carboxylic acids is 1. The molecule has 0 saturated heterocycles. The van der Waals surface area contributed by atoms with Crippen LogP contribution in [-0.2, 0) is 6.42 Å². The van der Waals surface area contributed by atoms with Gasteiger partial charge in [-0.15, -0.1) is 0 Å². The number of rotatable bonds is 2. The van der Waals surface area contributed by atoms with Gasteiger partial charge in [0.25, 0.3) is 5.91 Å². The normalized spacial score (nSPS) is 21.9. The predicted octanol–water partition coefficient (Wildman–Crippen LogP) is 3.84. The number of hydrogen-bond acceptors (Lipinski definition) is 4. The van der Waals surface area contributed by atoms with Gasteiger partial charge in [0.2, 0.25) is 5.43 Å². The van der Waals surface area contributed by atoms with E-state index in [0.717, 1.165) is 18.4 Å². The van der Waals surface area contributed by atoms with Crippen LogP contribution in [0.2, 0.25) is 0 Å². The highest BCUT2D eigenvalue weighted by Gasteiger charge is 2.49. The molecule has 3 aromatic rings. The largest absolute Gasteiger partial charge is 0.502 e. The molecule has 3 heterocycles. The maximum atomic E-state index is 14.6. The molecule has 1 N–H and O–H groups in total. The third kappa shape index (κ3) is 3.12. The van der Waals surface area contributed by atoms with Crippen molar-refractivity contribution in [3.8, 4) is 5.75 Å². The number of nitrogens with zero attached hydrogens (tertiary/aromatic N) is 3. The molecular formula is C26H23F2N3O3. The van der Waals surface area contributed by atoms with Crippen molar-refractivity contribution in [2.75, 3.05) is 5.01 Å². The lowest BCUT2D eigenvalue weighted by Crippen LogP contribution is -2.63. The number of pyridine rings is 1. The van der Waals surface area contributed by atoms with Crippen LogP contribution in [0.25, 0.3) is 0 Å². The molecule has 34 heavy (non-hydrogen) atoms. The fourth-order valence-electron chi connectivity index (χ4n) is 5.43. The molecule has 2 atom stereocenters. The molecule has 1 amide bonds. The Labute approximate surface area is 194 Å². The number of fused-ring (bicyclic) bond motifs is 4. The van der Waals surface area contributed by atoms with Gasteiger partial charge in [0.05, 0.1) is 6.04 Å². The quantitative estimate of drug-likeness (QED) is 0.627. The van der Waals surface area contributed by atoms with E-state index in [2.05, 4.69) is 0 Å². The topological polar surface area (TPSA) is 65.8 Å². The van der Waals surface area contributed by atoms with E-state index in [4.69, 9.17) is 0 Å². The van der Waals surface area contributed by atoms with E-state index in [1.165, 1.54) is 29.1 Å². The van der Waals surface area contributed by atoms with Crippen LogP contribution in [-0.4, -0.2) is 32.8 Å². The highest BCUT2D eigenvalue weighted by atomic mass is 19.2. The summed E-state index contributed by atoms with van der Waals surface area (Å²) in [7, 11) is 0. The van der Waals surface area contributed by atoms with Gasteiger partial charge in [0.15, 0.2) is 23.1 Å². The van der Waals surface area contributed by atoms with Gasteiger partial charge in [-0.05, 0) is 60.9 Å². The second-order valence-corrected chi connectivity index (χ2v) is 9.20. The van der Waals surface area contributed by atoms with E-state index in [1.807, 2.05) is 35.3 Å². The summed E-state index contributed by atoms with van der Waals surface area (Å²) >= 11 is 0. The lowest BCUT2D eigenvalue weighted by molar-refractivity contribution is 0.0505. The summed E-state index contributed by atoms with van der Waals surface area (Å²) in [5.41, 5.74) is 1.40. The fraction of sp³-hybridized carbons (Fsp3) is 0.308. The van der Waals surface area contributed by atoms with Crippen LogP contribution in [0.5, 0.6) is 5.75 Å². The van der Waals surface area contributed by atoms with Crippen molar-refractivity contribution in [3.05, 3.63) is 99.0 Å². The molecule has 0 spiro atoms. The zero-order valence-electron chi connectivity index (χ0n) is 18.3. The average Bonchev–Trinajstić information content (AvgIpc) is 3.65. The first-order valence-electron chi connectivity index (χ1n) is 11.5. The van der Waals surface area contributed by atoms with Crippen molar-refractivity contribution in [3.63, 3.8) is 0 Å². The minimum absolute atomic E-state index is 0.0173. The number of benzene rings is 2. The first kappa shape index (κ1) is 20.9. The monoisotopic (exact) mass is 463 g/mol. The Kier molecular flexibility index (Phi) is 4.72. The maximum Gasteiger partial charge on any atom is 0.278 e. The first-order valence-corrected chi connectivity index (χ1v) is 11.5. The van der Waals surface area contributed by atoms with E-state index in [-0.39, 0.29) is 23.8 Å². The standard InChI is InChI=1S/C26H23F2N3O3/c27-19-13-16-7-4-8-22-30(17-9-10-17)26(34)24-25(33)21(32)11-12-29(24)31(22)23(18(16)14-20(19)28)15-5-2-1-3-6-15/h1-3,5-6,11-14,17,22-23,33H,4,7-10H2/t22-,23+/m1/s1. The summed E-state index contributed by atoms with van der Waals surface area (Å²) < 4.78 is 30.4. The van der Waals surface area contributed by atoms with Gasteiger partial charge in [0, 0.05) is 18.3 Å². The van der Waals surface area contributed by atoms with Gasteiger partial charge in [-0.1, -0.05) is 30.3 Å². The van der Waals surface area contributed by atoms with Gasteiger partial charge < -0.3 is 10.0 Å². The van der Waals surface area contributed by atoms with E-state index in [0.29, 0.717) is 30.4 Å². The maximum absolute atomic E-state index is 14.6. The van der Waals surface area contributed by atoms with Gasteiger partial charge in [-0.25, -0.2) is 8.78 Å². The number of carbonyl (C=O) groups is 1. The number of hydrogen-bond donors (Lipinski definition) is 1. The minimum atomic E-state index is -0.938. The van der Waals surface area contributed by atoms with E-state index in [1.54, 1.807) is 4.90 Å². The Morgan fingerprint density at radius 2 is 1.68 bits per heavy atom. The zero-order valence-corrected chi connectivity index (χ0v) is 18.3. The van der Waals surface area contributed by atoms with Crippen LogP contribution in [0.15, 0.2) is 59.5 Å². The molecular weight excluding hydrogens is 440 g/mol. The van der Waals surface area contributed by atoms with E-state index >= 15 is 0 Å². The lowest BCUT2D eigenvalue weighted by Gasteiger charge is -2.51. The third-order valence-electron chi connectivity index (χ3n) is 7.07. The number of aromatic hydroxyl groups is 1. The molecule has 2 aliphatic heterocycles. The molecule has 0 bridgehead atoms. The van der Waals surface area contributed by atoms with Crippen molar-refractivity contribution in [2.45, 2.75) is 50.4 Å². The molecule has 1 saturated carbocycles. The molecule has 1 aromatic heterocycles. The number of amides is 1. The van der Waals surface area contributed by atoms with Crippen molar-refractivity contribution >= 4 is 5.91 Å². The Morgan fingerprint density at radius 3 is 2.41 bits per heavy atom. The van der Waals surface area contributed by atoms with Gasteiger partial charge in [0.1, 0.15) is 6.17 Å². The smallest absolute Gasteiger partial charge is 0.278 e. The lowest BCUT2D eigenvalue weighted by atomic mass is 9.88. The van der Waals surface area contributed by atoms with Crippen LogP contribution < -0.4 is 10.4 Å². The number of aryl methyl sites for hydroxylation is 1. The second kappa shape index (κ2) is 7.68. The SMILES string of the molecule is O=C1c2c(O)c(=O)ccn2N2[C@@H](c3ccccc3)c3cc(F)c(F)cc3CCC[C@@H]2N1C1CC1. The molecule has 8 heteroatoms. The molecule has 0 unspecified atom stereocenters. The summed E-state index contributed by atoms with van der Waals surface area (Å²) in [5, 5.41) is 12.6. The predicted molar refractivity (Wildman–Crippen MR) is 121 cm³/mol. The third-order valence-corrected chi connectivity index (χ3v) is 7.07. The molecule has 1 aliphatic carbocycles. The highest BCUT2D eigenvalue weighted by Crippen LogP contribution is 2.43. The van der Waals surface area contributed by atoms with Crippen LogP contribution in [0.3, 0.4) is 0 Å². The molecule has 174 valence electrons. The zero-order chi connectivity index (χ0) is 23.6. The number of halogens is 2. The number of aromatic nitrogens is 1. The van der Waals surface area contributed by atoms with E-state index in [9.17, 15) is 23.5 Å². The van der Waals surface area contributed by atoms with Crippen molar-refractivity contribution in [1.29, 1.82) is 0 Å². The van der Waals surface area contributed by atoms with Crippen molar-refractivity contribution < 1.29 is 18.7 Å². The summed E-state index contributed by atoms with van der Waals surface area (Å²) in [6.45, 7) is 0. The average molecular weight is 463 g/mol. The summed E-state index contributed by atoms with van der Waals surface area (Å²) in [4.78, 5) is 27.7. The Morgan fingerprint density at radius 1 is 0.941 bits per heavy atom. The summed E-state index contributed by atoms with van der Waals surface area (Å²) in [6.07, 6.45) is 4.63. The van der Waals surface area contributed by atoms with Gasteiger partial charge >= 0.3 is 0 Å². The Balaban J connectivity index is 1.67. The second-order valence-electron chi connectivity index (χ2n) is 9.20. The highest BCUT2D eigenvalue weighted by molar-refractivity contribution is 5.97. The molecule has 2 aromatic carbocycles. The Bertz CT molecular complexity index is 1350. The van der Waals surface area contributed by atoms with Crippen LogP contribution >= 0.6 is 0 Å². The molecule has 0 radical (unpaired) electrons. The molecule has 3 aliphatic rings. The minimum Gasteiger partial charge on any atom is -0.502 e. The van der Waals surface area contributed by atoms with E-state index < -0.39 is 28.9 Å². The van der Waals surface area contributed by atoms with Gasteiger partial charge in [-0.3, -0.25) is 19.3 Å². The molecule has 6 nitrogen and oxygen atoms in total. The Hall–Kier alpha value is -3.68. The summed E-state index contributed by atoms with van der Waals surface area (Å²) in [5.74, 6) is -2.81. The van der Waals surface area contributed by atoms with Crippen LogP contribution in [0, 0.1) is 11.6 Å². The molecule has 6 rings (SSSR count). The first-order chi connectivity index (χ1) is 16.5. The van der Waals surface area contributed by atoms with Crippen molar-refractivity contribution in [1.82, 2.24) is 9.58 Å². The van der Waals surface area contributed by atoms with Crippen molar-refractivity contribution in [2.24, 2.45) is 0 Å². The summed E-state index contributed by atoms with van der Waals surface area (Å²) in [6, 6.07) is 12.6. The fourth-order valence-corrected chi connectivity index (χ4v) is 5.43. The van der Waals surface area contributed by atoms with Gasteiger partial charge in [-0.2, -0.15) is 0 Å². The molecule has 1 fully saturated rings. The van der Waals surface area contributed by atoms with Crippen LogP contribution in [0.4, 0.5) is 8.78 Å².